The summed E-state index contributed by atoms with van der Waals surface area (Å²) in [5.74, 6) is -2.43. The van der Waals surface area contributed by atoms with E-state index in [9.17, 15) is 29.3 Å². The number of anilines is 1. The van der Waals surface area contributed by atoms with Crippen LogP contribution in [0.4, 0.5) is 10.1 Å². The molecule has 3 N–H and O–H groups in total. The number of carbonyl (C=O) groups excluding carboxylic acids is 2. The summed E-state index contributed by atoms with van der Waals surface area (Å²) in [6.07, 6.45) is -0.310. The van der Waals surface area contributed by atoms with Crippen molar-refractivity contribution in [2.45, 2.75) is 44.8 Å². The number of nitrogens with one attached hydrogen (secondary N) is 1. The molecule has 0 saturated carbocycles. The third-order valence-electron chi connectivity index (χ3n) is 5.25. The first-order chi connectivity index (χ1) is 16.7. The predicted octanol–water partition coefficient (Wildman–Crippen LogP) is -0.344. The first kappa shape index (κ1) is 29.4. The Labute approximate surface area is 230 Å². The van der Waals surface area contributed by atoms with Gasteiger partial charge in [0.05, 0.1) is 23.6 Å². The van der Waals surface area contributed by atoms with Gasteiger partial charge < -0.3 is 25.4 Å². The third-order valence-corrected chi connectivity index (χ3v) is 5.25. The first-order valence-electron chi connectivity index (χ1n) is 11.1. The zero-order valence-corrected chi connectivity index (χ0v) is 22.4. The van der Waals surface area contributed by atoms with E-state index in [4.69, 9.17) is 0 Å². The van der Waals surface area contributed by atoms with E-state index in [-0.39, 0.29) is 47.6 Å². The van der Waals surface area contributed by atoms with Crippen LogP contribution >= 0.6 is 0 Å². The molecule has 0 spiro atoms. The van der Waals surface area contributed by atoms with E-state index in [1.807, 2.05) is 19.9 Å². The second-order valence-corrected chi connectivity index (χ2v) is 8.40. The monoisotopic (exact) mass is 503 g/mol. The Morgan fingerprint density at radius 1 is 1.11 bits per heavy atom. The van der Waals surface area contributed by atoms with E-state index >= 15 is 0 Å². The number of benzene rings is 2. The smallest absolute Gasteiger partial charge is 0.550 e. The zero-order chi connectivity index (χ0) is 25.5. The van der Waals surface area contributed by atoms with Crippen LogP contribution in [0.3, 0.4) is 0 Å². The Hall–Kier alpha value is -2.82. The van der Waals surface area contributed by atoms with Crippen LogP contribution in [-0.4, -0.2) is 44.1 Å². The molecule has 2 atom stereocenters. The number of carbonyl (C=O) groups is 2. The van der Waals surface area contributed by atoms with Gasteiger partial charge >= 0.3 is 29.6 Å². The van der Waals surface area contributed by atoms with Crippen molar-refractivity contribution in [1.29, 1.82) is 0 Å². The van der Waals surface area contributed by atoms with Gasteiger partial charge in [-0.1, -0.05) is 38.1 Å². The maximum Gasteiger partial charge on any atom is 1.00 e. The van der Waals surface area contributed by atoms with Gasteiger partial charge in [-0.25, -0.2) is 9.07 Å². The number of halogens is 1. The van der Waals surface area contributed by atoms with Crippen molar-refractivity contribution in [3.63, 3.8) is 0 Å². The minimum absolute atomic E-state index is 0. The van der Waals surface area contributed by atoms with Crippen LogP contribution in [0.5, 0.6) is 0 Å². The van der Waals surface area contributed by atoms with Gasteiger partial charge in [-0.3, -0.25) is 4.79 Å². The van der Waals surface area contributed by atoms with Crippen molar-refractivity contribution in [2.75, 3.05) is 5.32 Å². The number of nitrogens with zero attached hydrogens (tertiary/aromatic N) is 2. The number of amides is 1. The van der Waals surface area contributed by atoms with E-state index in [0.717, 1.165) is 0 Å². The molecule has 0 aliphatic carbocycles. The third kappa shape index (κ3) is 7.84. The molecule has 184 valence electrons. The van der Waals surface area contributed by atoms with E-state index in [1.54, 1.807) is 30.3 Å². The molecule has 0 saturated heterocycles. The summed E-state index contributed by atoms with van der Waals surface area (Å²) in [6.45, 7) is 3.78. The average molecular weight is 504 g/mol. The number of hydrogen-bond acceptors (Lipinski definition) is 6. The van der Waals surface area contributed by atoms with Crippen LogP contribution in [0.25, 0.3) is 11.8 Å². The SMILES string of the molecule is CC(C)c1c(C(=O)Nc2ccccc2)nn(-c2ccc(F)cc2)c1/C=C/[C@@H](O)C[C@@H](O)CC(=O)[O-].[Na+]. The molecule has 2 aromatic carbocycles. The fraction of sp³-hybridized carbons (Fsp3) is 0.269. The number of aliphatic carboxylic acids is 1. The molecule has 36 heavy (non-hydrogen) atoms. The second kappa shape index (κ2) is 13.5. The van der Waals surface area contributed by atoms with E-state index in [2.05, 4.69) is 10.4 Å². The number of aromatic nitrogens is 2. The number of aliphatic hydroxyl groups is 2. The molecule has 10 heteroatoms. The molecule has 1 aromatic heterocycles. The summed E-state index contributed by atoms with van der Waals surface area (Å²) in [7, 11) is 0. The summed E-state index contributed by atoms with van der Waals surface area (Å²) in [6, 6.07) is 14.5. The van der Waals surface area contributed by atoms with Gasteiger partial charge in [0.25, 0.3) is 5.91 Å². The maximum atomic E-state index is 13.5. The van der Waals surface area contributed by atoms with Crippen molar-refractivity contribution in [1.82, 2.24) is 9.78 Å². The van der Waals surface area contributed by atoms with Gasteiger partial charge in [-0.05, 0) is 48.4 Å². The summed E-state index contributed by atoms with van der Waals surface area (Å²) in [4.78, 5) is 23.8. The van der Waals surface area contributed by atoms with Gasteiger partial charge in [0, 0.05) is 30.1 Å². The van der Waals surface area contributed by atoms with Crippen molar-refractivity contribution in [2.24, 2.45) is 0 Å². The van der Waals surface area contributed by atoms with Crippen LogP contribution in [0.1, 0.15) is 54.4 Å². The molecule has 3 rings (SSSR count). The van der Waals surface area contributed by atoms with Crippen molar-refractivity contribution in [3.8, 4) is 5.69 Å². The first-order valence-corrected chi connectivity index (χ1v) is 11.1. The quantitative estimate of drug-likeness (QED) is 0.325. The molecule has 3 aromatic rings. The number of carboxylic acids is 1. The van der Waals surface area contributed by atoms with E-state index in [1.165, 1.54) is 35.0 Å². The molecule has 0 aliphatic rings. The van der Waals surface area contributed by atoms with Crippen molar-refractivity contribution in [3.05, 3.63) is 83.4 Å². The number of para-hydroxylation sites is 1. The molecule has 0 fully saturated rings. The summed E-state index contributed by atoms with van der Waals surface area (Å²) >= 11 is 0. The van der Waals surface area contributed by atoms with Gasteiger partial charge in [0.2, 0.25) is 0 Å². The number of hydrogen-bond donors (Lipinski definition) is 3. The van der Waals surface area contributed by atoms with Crippen LogP contribution in [0, 0.1) is 5.82 Å². The molecule has 0 unspecified atom stereocenters. The predicted molar refractivity (Wildman–Crippen MR) is 127 cm³/mol. The van der Waals surface area contributed by atoms with Gasteiger partial charge in [0.1, 0.15) is 5.82 Å². The molecule has 1 amide bonds. The Morgan fingerprint density at radius 3 is 2.33 bits per heavy atom. The zero-order valence-electron chi connectivity index (χ0n) is 20.4. The standard InChI is InChI=1S/C26H28FN3O5.Na/c1-16(2)24-22(13-12-20(31)14-21(32)15-23(33)34)30(19-10-8-17(27)9-11-19)29-25(24)26(35)28-18-6-4-3-5-7-18;/h3-13,16,20-21,31-32H,14-15H2,1-2H3,(H,28,35)(H,33,34);/q;+1/p-1/b13-12+;/t20-,21-;/m1./s1. The number of rotatable bonds is 10. The van der Waals surface area contributed by atoms with Crippen molar-refractivity contribution < 1.29 is 58.9 Å². The number of aliphatic hydroxyl groups excluding tert-OH is 2. The van der Waals surface area contributed by atoms with Crippen LogP contribution in [0.2, 0.25) is 0 Å². The molecule has 1 heterocycles. The Bertz CT molecular complexity index is 1200. The van der Waals surface area contributed by atoms with Gasteiger partial charge in [0.15, 0.2) is 5.69 Å². The molecule has 0 radical (unpaired) electrons. The fourth-order valence-corrected chi connectivity index (χ4v) is 3.67. The van der Waals surface area contributed by atoms with E-state index in [0.29, 0.717) is 22.6 Å². The van der Waals surface area contributed by atoms with Crippen molar-refractivity contribution >= 4 is 23.6 Å². The molecular weight excluding hydrogens is 476 g/mol. The van der Waals surface area contributed by atoms with Gasteiger partial charge in [-0.15, -0.1) is 0 Å². The Kier molecular flexibility index (Phi) is 11.0. The molecule has 0 bridgehead atoms. The molecule has 8 nitrogen and oxygen atoms in total. The normalized spacial score (nSPS) is 12.8. The second-order valence-electron chi connectivity index (χ2n) is 8.40. The topological polar surface area (TPSA) is 128 Å². The number of carboxylic acid groups (broad SMARTS) is 1. The summed E-state index contributed by atoms with van der Waals surface area (Å²) in [5.41, 5.74) is 2.34. The summed E-state index contributed by atoms with van der Waals surface area (Å²) < 4.78 is 15.0. The fourth-order valence-electron chi connectivity index (χ4n) is 3.67. The van der Waals surface area contributed by atoms with Crippen LogP contribution < -0.4 is 40.0 Å². The summed E-state index contributed by atoms with van der Waals surface area (Å²) in [5, 5.41) is 38.1. The maximum absolute atomic E-state index is 13.5. The van der Waals surface area contributed by atoms with Crippen LogP contribution in [0.15, 0.2) is 60.7 Å². The average Bonchev–Trinajstić information content (AvgIpc) is 3.18. The van der Waals surface area contributed by atoms with Crippen LogP contribution in [-0.2, 0) is 4.79 Å². The Balaban J connectivity index is 0.00000456. The minimum atomic E-state index is -1.42. The minimum Gasteiger partial charge on any atom is -0.550 e. The van der Waals surface area contributed by atoms with E-state index < -0.39 is 36.3 Å². The molecular formula is C26H27FN3NaO5. The largest absolute Gasteiger partial charge is 1.00 e. The van der Waals surface area contributed by atoms with Gasteiger partial charge in [-0.2, -0.15) is 5.10 Å². The Morgan fingerprint density at radius 2 is 1.75 bits per heavy atom. The molecule has 0 aliphatic heterocycles.